The molecule has 5 nitrogen and oxygen atoms in total. The van der Waals surface area contributed by atoms with Crippen molar-refractivity contribution >= 4 is 27.4 Å². The molecule has 2 heterocycles. The average molecular weight is 420 g/mol. The number of nitrogens with zero attached hydrogens (tertiary/aromatic N) is 3. The molecule has 27 heavy (non-hydrogen) atoms. The number of benzene rings is 1. The van der Waals surface area contributed by atoms with E-state index in [1.54, 1.807) is 0 Å². The van der Waals surface area contributed by atoms with E-state index in [-0.39, 0.29) is 36.9 Å². The molecule has 3 rings (SSSR count). The van der Waals surface area contributed by atoms with E-state index in [1.165, 1.54) is 45.7 Å². The Morgan fingerprint density at radius 2 is 1.70 bits per heavy atom. The largest absolute Gasteiger partial charge is 0.419 e. The molecule has 10 heteroatoms. The Labute approximate surface area is 160 Å². The summed E-state index contributed by atoms with van der Waals surface area (Å²) in [5.74, 6) is -0.171. The number of aromatic nitrogens is 1. The smallest absolute Gasteiger partial charge is 0.355 e. The van der Waals surface area contributed by atoms with Crippen LogP contribution < -0.4 is 4.90 Å². The van der Waals surface area contributed by atoms with E-state index in [0.29, 0.717) is 11.4 Å². The van der Waals surface area contributed by atoms with Gasteiger partial charge in [-0.15, -0.1) is 0 Å². The lowest BCUT2D eigenvalue weighted by molar-refractivity contribution is -0.137. The third-order valence-corrected chi connectivity index (χ3v) is 6.46. The number of anilines is 1. The van der Waals surface area contributed by atoms with Gasteiger partial charge in [0, 0.05) is 37.4 Å². The SMILES string of the molecule is O=S(=O)(c1ccc(Cl)cc1)N1CCCN(c2ncccc2C(F)(F)F)CC1. The molecule has 1 aromatic heterocycles. The summed E-state index contributed by atoms with van der Waals surface area (Å²) in [5.41, 5.74) is -0.820. The van der Waals surface area contributed by atoms with E-state index in [4.69, 9.17) is 11.6 Å². The van der Waals surface area contributed by atoms with Gasteiger partial charge in [0.25, 0.3) is 0 Å². The first-order valence-electron chi connectivity index (χ1n) is 8.22. The Morgan fingerprint density at radius 1 is 1.00 bits per heavy atom. The standard InChI is InChI=1S/C17H17ClF3N3O2S/c18-13-4-6-14(7-5-13)27(25,26)24-10-2-9-23(11-12-24)16-15(17(19,20)21)3-1-8-22-16/h1,3-8H,2,9-12H2. The minimum Gasteiger partial charge on any atom is -0.355 e. The van der Waals surface area contributed by atoms with Crippen molar-refractivity contribution in [2.75, 3.05) is 31.1 Å². The van der Waals surface area contributed by atoms with Crippen molar-refractivity contribution in [3.8, 4) is 0 Å². The zero-order valence-corrected chi connectivity index (χ0v) is 15.7. The quantitative estimate of drug-likeness (QED) is 0.762. The molecule has 1 fully saturated rings. The second-order valence-corrected chi connectivity index (χ2v) is 8.45. The van der Waals surface area contributed by atoms with Crippen LogP contribution in [0.3, 0.4) is 0 Å². The predicted molar refractivity (Wildman–Crippen MR) is 96.3 cm³/mol. The molecule has 0 aliphatic carbocycles. The maximum Gasteiger partial charge on any atom is 0.419 e. The van der Waals surface area contributed by atoms with Gasteiger partial charge in [0.2, 0.25) is 10.0 Å². The van der Waals surface area contributed by atoms with E-state index in [1.807, 2.05) is 0 Å². The second kappa shape index (κ2) is 7.65. The fourth-order valence-electron chi connectivity index (χ4n) is 2.97. The molecule has 0 unspecified atom stereocenters. The Kier molecular flexibility index (Phi) is 5.64. The zero-order chi connectivity index (χ0) is 19.7. The maximum atomic E-state index is 13.2. The number of rotatable bonds is 3. The summed E-state index contributed by atoms with van der Waals surface area (Å²) in [5, 5.41) is 0.422. The topological polar surface area (TPSA) is 53.5 Å². The highest BCUT2D eigenvalue weighted by Crippen LogP contribution is 2.35. The first-order valence-corrected chi connectivity index (χ1v) is 10.0. The molecule has 0 bridgehead atoms. The Bertz CT molecular complexity index is 904. The molecule has 0 radical (unpaired) electrons. The molecule has 0 saturated carbocycles. The normalized spacial score (nSPS) is 17.0. The number of halogens is 4. The van der Waals surface area contributed by atoms with Gasteiger partial charge < -0.3 is 4.90 Å². The van der Waals surface area contributed by atoms with Gasteiger partial charge in [0.05, 0.1) is 10.5 Å². The Morgan fingerprint density at radius 3 is 2.37 bits per heavy atom. The predicted octanol–water partition coefficient (Wildman–Crippen LogP) is 3.65. The van der Waals surface area contributed by atoms with Gasteiger partial charge in [-0.25, -0.2) is 13.4 Å². The van der Waals surface area contributed by atoms with Crippen molar-refractivity contribution in [1.29, 1.82) is 0 Å². The van der Waals surface area contributed by atoms with Crippen LogP contribution in [0.5, 0.6) is 0 Å². The van der Waals surface area contributed by atoms with Crippen molar-refractivity contribution in [2.45, 2.75) is 17.5 Å². The Balaban J connectivity index is 1.82. The van der Waals surface area contributed by atoms with Crippen LogP contribution in [0.1, 0.15) is 12.0 Å². The van der Waals surface area contributed by atoms with Crippen molar-refractivity contribution < 1.29 is 21.6 Å². The maximum absolute atomic E-state index is 13.2. The molecular weight excluding hydrogens is 403 g/mol. The summed E-state index contributed by atoms with van der Waals surface area (Å²) in [6.45, 7) is 0.689. The molecule has 1 aromatic carbocycles. The highest BCUT2D eigenvalue weighted by Gasteiger charge is 2.36. The fraction of sp³-hybridized carbons (Fsp3) is 0.353. The van der Waals surface area contributed by atoms with Crippen molar-refractivity contribution in [3.63, 3.8) is 0 Å². The summed E-state index contributed by atoms with van der Waals surface area (Å²) >= 11 is 5.80. The number of hydrogen-bond acceptors (Lipinski definition) is 4. The fourth-order valence-corrected chi connectivity index (χ4v) is 4.57. The van der Waals surface area contributed by atoms with Crippen molar-refractivity contribution in [2.24, 2.45) is 0 Å². The lowest BCUT2D eigenvalue weighted by atomic mass is 10.2. The van der Waals surface area contributed by atoms with Crippen LogP contribution in [0.25, 0.3) is 0 Å². The van der Waals surface area contributed by atoms with Crippen LogP contribution in [-0.2, 0) is 16.2 Å². The highest BCUT2D eigenvalue weighted by molar-refractivity contribution is 7.89. The summed E-state index contributed by atoms with van der Waals surface area (Å²) in [6, 6.07) is 8.03. The van der Waals surface area contributed by atoms with Gasteiger partial charge in [0.1, 0.15) is 5.82 Å². The van der Waals surface area contributed by atoms with Gasteiger partial charge in [-0.1, -0.05) is 11.6 Å². The molecule has 2 aromatic rings. The number of pyridine rings is 1. The van der Waals surface area contributed by atoms with Crippen LogP contribution >= 0.6 is 11.6 Å². The van der Waals surface area contributed by atoms with E-state index in [0.717, 1.165) is 6.07 Å². The summed E-state index contributed by atoms with van der Waals surface area (Å²) < 4.78 is 66.6. The van der Waals surface area contributed by atoms with Crippen LogP contribution in [0, 0.1) is 0 Å². The summed E-state index contributed by atoms with van der Waals surface area (Å²) in [6.07, 6.45) is -2.83. The Hall–Kier alpha value is -1.84. The van der Waals surface area contributed by atoms with Crippen molar-refractivity contribution in [1.82, 2.24) is 9.29 Å². The zero-order valence-electron chi connectivity index (χ0n) is 14.2. The van der Waals surface area contributed by atoms with Gasteiger partial charge in [0.15, 0.2) is 0 Å². The third-order valence-electron chi connectivity index (χ3n) is 4.30. The molecule has 0 atom stereocenters. The van der Waals surface area contributed by atoms with Crippen LogP contribution in [-0.4, -0.2) is 43.9 Å². The molecule has 0 amide bonds. The highest BCUT2D eigenvalue weighted by atomic mass is 35.5. The van der Waals surface area contributed by atoms with Crippen LogP contribution in [0.15, 0.2) is 47.5 Å². The van der Waals surface area contributed by atoms with E-state index in [9.17, 15) is 21.6 Å². The molecule has 0 N–H and O–H groups in total. The molecular formula is C17H17ClF3N3O2S. The van der Waals surface area contributed by atoms with Gasteiger partial charge in [-0.05, 0) is 42.8 Å². The minimum atomic E-state index is -4.52. The molecule has 1 aliphatic heterocycles. The lowest BCUT2D eigenvalue weighted by Crippen LogP contribution is -2.35. The molecule has 146 valence electrons. The summed E-state index contributed by atoms with van der Waals surface area (Å²) in [7, 11) is -3.74. The number of sulfonamides is 1. The lowest BCUT2D eigenvalue weighted by Gasteiger charge is -2.25. The molecule has 1 aliphatic rings. The van der Waals surface area contributed by atoms with E-state index in [2.05, 4.69) is 4.98 Å². The minimum absolute atomic E-state index is 0.0683. The molecule has 0 spiro atoms. The first kappa shape index (κ1) is 19.9. The second-order valence-electron chi connectivity index (χ2n) is 6.07. The molecule has 1 saturated heterocycles. The van der Waals surface area contributed by atoms with Gasteiger partial charge in [-0.2, -0.15) is 17.5 Å². The van der Waals surface area contributed by atoms with E-state index < -0.39 is 21.8 Å². The van der Waals surface area contributed by atoms with Crippen molar-refractivity contribution in [3.05, 3.63) is 53.2 Å². The average Bonchev–Trinajstić information content (AvgIpc) is 2.88. The third kappa shape index (κ3) is 4.36. The van der Waals surface area contributed by atoms with Gasteiger partial charge in [-0.3, -0.25) is 0 Å². The number of hydrogen-bond donors (Lipinski definition) is 0. The summed E-state index contributed by atoms with van der Waals surface area (Å²) in [4.78, 5) is 5.48. The number of alkyl halides is 3. The van der Waals surface area contributed by atoms with E-state index >= 15 is 0 Å². The first-order chi connectivity index (χ1) is 12.7. The van der Waals surface area contributed by atoms with Crippen LogP contribution in [0.2, 0.25) is 5.02 Å². The van der Waals surface area contributed by atoms with Gasteiger partial charge >= 0.3 is 6.18 Å². The van der Waals surface area contributed by atoms with Crippen LogP contribution in [0.4, 0.5) is 19.0 Å². The monoisotopic (exact) mass is 419 g/mol.